The van der Waals surface area contributed by atoms with Gasteiger partial charge in [-0.2, -0.15) is 5.26 Å². The average molecular weight is 264 g/mol. The molecule has 0 aromatic carbocycles. The number of nitriles is 1. The molecule has 0 unspecified atom stereocenters. The first-order valence-corrected chi connectivity index (χ1v) is 7.82. The molecule has 2 fully saturated rings. The molecule has 2 rings (SSSR count). The van der Waals surface area contributed by atoms with Crippen LogP contribution in [0, 0.1) is 28.6 Å². The number of nitrogens with one attached hydrogen (secondary N) is 1. The van der Waals surface area contributed by atoms with Crippen LogP contribution in [0.25, 0.3) is 0 Å². The molecule has 0 amide bonds. The second kappa shape index (κ2) is 6.72. The molecule has 1 saturated heterocycles. The molecule has 0 aromatic heterocycles. The average Bonchev–Trinajstić information content (AvgIpc) is 2.47. The predicted octanol–water partition coefficient (Wildman–Crippen LogP) is 3.11. The summed E-state index contributed by atoms with van der Waals surface area (Å²) < 4.78 is 5.46. The van der Waals surface area contributed by atoms with Crippen LogP contribution in [0.5, 0.6) is 0 Å². The Morgan fingerprint density at radius 2 is 1.74 bits per heavy atom. The minimum absolute atomic E-state index is 0.307. The van der Waals surface area contributed by atoms with Crippen molar-refractivity contribution in [3.63, 3.8) is 0 Å². The van der Waals surface area contributed by atoms with Gasteiger partial charge in [-0.3, -0.25) is 0 Å². The maximum Gasteiger partial charge on any atom is 0.0655 e. The van der Waals surface area contributed by atoms with Gasteiger partial charge in [0.2, 0.25) is 0 Å². The molecule has 1 heterocycles. The largest absolute Gasteiger partial charge is 0.381 e. The zero-order valence-electron chi connectivity index (χ0n) is 12.5. The molecule has 1 N–H and O–H groups in total. The maximum atomic E-state index is 8.92. The summed E-state index contributed by atoms with van der Waals surface area (Å²) in [5.74, 6) is 1.09. The van der Waals surface area contributed by atoms with E-state index in [-0.39, 0.29) is 0 Å². The van der Waals surface area contributed by atoms with Crippen LogP contribution in [0.15, 0.2) is 0 Å². The zero-order valence-corrected chi connectivity index (χ0v) is 12.5. The van der Waals surface area contributed by atoms with E-state index < -0.39 is 0 Å². The molecule has 0 atom stereocenters. The molecule has 3 heteroatoms. The predicted molar refractivity (Wildman–Crippen MR) is 76.7 cm³/mol. The van der Waals surface area contributed by atoms with E-state index in [1.807, 2.05) is 0 Å². The molecular weight excluding hydrogens is 236 g/mol. The van der Waals surface area contributed by atoms with Crippen molar-refractivity contribution in [1.82, 2.24) is 5.32 Å². The van der Waals surface area contributed by atoms with Crippen molar-refractivity contribution in [2.24, 2.45) is 17.3 Å². The van der Waals surface area contributed by atoms with Gasteiger partial charge >= 0.3 is 0 Å². The van der Waals surface area contributed by atoms with Crippen molar-refractivity contribution < 1.29 is 4.74 Å². The summed E-state index contributed by atoms with van der Waals surface area (Å²) in [6.45, 7) is 7.73. The van der Waals surface area contributed by atoms with Gasteiger partial charge in [-0.05, 0) is 49.9 Å². The molecule has 0 spiro atoms. The van der Waals surface area contributed by atoms with E-state index in [0.29, 0.717) is 17.4 Å². The highest BCUT2D eigenvalue weighted by Gasteiger charge is 2.31. The highest BCUT2D eigenvalue weighted by Crippen LogP contribution is 2.34. The lowest BCUT2D eigenvalue weighted by atomic mass is 9.74. The van der Waals surface area contributed by atoms with Crippen LogP contribution in [-0.2, 0) is 4.74 Å². The van der Waals surface area contributed by atoms with E-state index in [2.05, 4.69) is 25.2 Å². The smallest absolute Gasteiger partial charge is 0.0655 e. The number of hydrogen-bond donors (Lipinski definition) is 1. The van der Waals surface area contributed by atoms with Gasteiger partial charge in [0.05, 0.1) is 6.07 Å². The monoisotopic (exact) mass is 264 g/mol. The van der Waals surface area contributed by atoms with Gasteiger partial charge in [0, 0.05) is 31.7 Å². The summed E-state index contributed by atoms with van der Waals surface area (Å²) in [6.07, 6.45) is 6.90. The molecule has 0 aromatic rings. The second-order valence-corrected chi connectivity index (χ2v) is 6.93. The van der Waals surface area contributed by atoms with E-state index in [1.54, 1.807) is 0 Å². The van der Waals surface area contributed by atoms with Gasteiger partial charge in [-0.15, -0.1) is 0 Å². The Kier molecular flexibility index (Phi) is 5.24. The first-order chi connectivity index (χ1) is 9.12. The number of hydrogen-bond acceptors (Lipinski definition) is 3. The highest BCUT2D eigenvalue weighted by molar-refractivity contribution is 4.90. The SMILES string of the molecule is CC(C)(CNC1CCC(C#N)CC1)C1CCOCC1. The number of ether oxygens (including phenoxy) is 1. The third-order valence-electron chi connectivity index (χ3n) is 5.08. The van der Waals surface area contributed by atoms with E-state index in [0.717, 1.165) is 38.5 Å². The molecule has 1 aliphatic carbocycles. The van der Waals surface area contributed by atoms with Gasteiger partial charge in [0.1, 0.15) is 0 Å². The van der Waals surface area contributed by atoms with Crippen molar-refractivity contribution in [1.29, 1.82) is 5.26 Å². The summed E-state index contributed by atoms with van der Waals surface area (Å²) in [4.78, 5) is 0. The zero-order chi connectivity index (χ0) is 13.7. The minimum atomic E-state index is 0.307. The van der Waals surface area contributed by atoms with Crippen LogP contribution in [0.3, 0.4) is 0 Å². The Labute approximate surface area is 117 Å². The van der Waals surface area contributed by atoms with E-state index >= 15 is 0 Å². The first kappa shape index (κ1) is 14.8. The fourth-order valence-corrected chi connectivity index (χ4v) is 3.46. The first-order valence-electron chi connectivity index (χ1n) is 7.82. The van der Waals surface area contributed by atoms with Crippen LogP contribution >= 0.6 is 0 Å². The Morgan fingerprint density at radius 3 is 2.32 bits per heavy atom. The van der Waals surface area contributed by atoms with Crippen molar-refractivity contribution in [2.45, 2.75) is 58.4 Å². The van der Waals surface area contributed by atoms with Gasteiger partial charge in [-0.25, -0.2) is 0 Å². The molecule has 1 aliphatic heterocycles. The van der Waals surface area contributed by atoms with Crippen LogP contribution in [0.1, 0.15) is 52.4 Å². The van der Waals surface area contributed by atoms with Crippen LogP contribution in [-0.4, -0.2) is 25.8 Å². The Morgan fingerprint density at radius 1 is 1.11 bits per heavy atom. The topological polar surface area (TPSA) is 45.0 Å². The highest BCUT2D eigenvalue weighted by atomic mass is 16.5. The summed E-state index contributed by atoms with van der Waals surface area (Å²) in [6, 6.07) is 3.04. The summed E-state index contributed by atoms with van der Waals surface area (Å²) in [5.41, 5.74) is 0.357. The van der Waals surface area contributed by atoms with Gasteiger partial charge in [-0.1, -0.05) is 13.8 Å². The van der Waals surface area contributed by atoms with Crippen molar-refractivity contribution in [3.8, 4) is 6.07 Å². The lowest BCUT2D eigenvalue weighted by Gasteiger charge is -2.39. The third kappa shape index (κ3) is 4.19. The lowest BCUT2D eigenvalue weighted by Crippen LogP contribution is -2.43. The van der Waals surface area contributed by atoms with Gasteiger partial charge in [0.25, 0.3) is 0 Å². The Hall–Kier alpha value is -0.590. The lowest BCUT2D eigenvalue weighted by molar-refractivity contribution is 0.0214. The normalized spacial score (nSPS) is 29.9. The van der Waals surface area contributed by atoms with Crippen LogP contribution in [0.4, 0.5) is 0 Å². The molecule has 3 nitrogen and oxygen atoms in total. The fourth-order valence-electron chi connectivity index (χ4n) is 3.46. The summed E-state index contributed by atoms with van der Waals surface area (Å²) in [7, 11) is 0. The Balaban J connectivity index is 1.73. The molecule has 2 aliphatic rings. The second-order valence-electron chi connectivity index (χ2n) is 6.93. The number of rotatable bonds is 4. The Bertz CT molecular complexity index is 307. The quantitative estimate of drug-likeness (QED) is 0.848. The van der Waals surface area contributed by atoms with Crippen molar-refractivity contribution >= 4 is 0 Å². The van der Waals surface area contributed by atoms with E-state index in [1.165, 1.54) is 25.7 Å². The minimum Gasteiger partial charge on any atom is -0.381 e. The molecular formula is C16H28N2O. The summed E-state index contributed by atoms with van der Waals surface area (Å²) >= 11 is 0. The van der Waals surface area contributed by atoms with E-state index in [4.69, 9.17) is 10.00 Å². The molecule has 1 saturated carbocycles. The standard InChI is InChI=1S/C16H28N2O/c1-16(2,14-7-9-19-10-8-14)12-18-15-5-3-13(11-17)4-6-15/h13-15,18H,3-10,12H2,1-2H3. The van der Waals surface area contributed by atoms with Gasteiger partial charge < -0.3 is 10.1 Å². The molecule has 19 heavy (non-hydrogen) atoms. The van der Waals surface area contributed by atoms with Gasteiger partial charge in [0.15, 0.2) is 0 Å². The third-order valence-corrected chi connectivity index (χ3v) is 5.08. The molecule has 108 valence electrons. The van der Waals surface area contributed by atoms with Crippen LogP contribution in [0.2, 0.25) is 0 Å². The maximum absolute atomic E-state index is 8.92. The van der Waals surface area contributed by atoms with Crippen molar-refractivity contribution in [3.05, 3.63) is 0 Å². The fraction of sp³-hybridized carbons (Fsp3) is 0.938. The molecule has 0 bridgehead atoms. The van der Waals surface area contributed by atoms with Crippen molar-refractivity contribution in [2.75, 3.05) is 19.8 Å². The summed E-state index contributed by atoms with van der Waals surface area (Å²) in [5, 5.41) is 12.7. The number of nitrogens with zero attached hydrogens (tertiary/aromatic N) is 1. The molecule has 0 radical (unpaired) electrons. The van der Waals surface area contributed by atoms with Crippen LogP contribution < -0.4 is 5.32 Å². The van der Waals surface area contributed by atoms with E-state index in [9.17, 15) is 0 Å².